The summed E-state index contributed by atoms with van der Waals surface area (Å²) in [5.74, 6) is -9.04. The lowest BCUT2D eigenvalue weighted by atomic mass is 9.94. The third-order valence-electron chi connectivity index (χ3n) is 17.3. The van der Waals surface area contributed by atoms with Crippen molar-refractivity contribution in [3.05, 3.63) is 199 Å². The molecule has 91 heavy (non-hydrogen) atoms. The largest absolute Gasteiger partial charge is 0.494 e. The van der Waals surface area contributed by atoms with E-state index in [4.69, 9.17) is 39.4 Å². The number of nitrogens with one attached hydrogen (secondary N) is 3. The number of carbonyl (C=O) groups excluding carboxylic acids is 10. The van der Waals surface area contributed by atoms with Gasteiger partial charge in [-0.1, -0.05) is 60.1 Å². The Morgan fingerprint density at radius 1 is 0.549 bits per heavy atom. The zero-order chi connectivity index (χ0) is 63.9. The van der Waals surface area contributed by atoms with Crippen LogP contribution in [-0.2, 0) is 56.1 Å². The minimum Gasteiger partial charge on any atom is -0.494 e. The maximum absolute atomic E-state index is 15.6. The van der Waals surface area contributed by atoms with Gasteiger partial charge in [0.25, 0.3) is 23.6 Å². The minimum atomic E-state index is -2.15. The van der Waals surface area contributed by atoms with Gasteiger partial charge >= 0.3 is 24.0 Å². The highest BCUT2D eigenvalue weighted by Crippen LogP contribution is 2.45. The predicted molar refractivity (Wildman–Crippen MR) is 303 cm³/mol. The molecule has 0 saturated carbocycles. The summed E-state index contributed by atoms with van der Waals surface area (Å²) in [4.78, 5) is 131. The third kappa shape index (κ3) is 8.81. The Morgan fingerprint density at radius 3 is 1.54 bits per heavy atom. The molecule has 8 aromatic rings. The van der Waals surface area contributed by atoms with Gasteiger partial charge < -0.3 is 48.2 Å². The average Bonchev–Trinajstić information content (AvgIpc) is 1.57. The van der Waals surface area contributed by atoms with E-state index in [1.165, 1.54) is 61.6 Å². The number of fused-ring (bicyclic) bond motifs is 8. The molecule has 8 amide bonds. The molecule has 6 aromatic carbocycles. The average molecular weight is 1260 g/mol. The predicted octanol–water partition coefficient (Wildman–Crippen LogP) is 8.75. The van der Waals surface area contributed by atoms with Gasteiger partial charge in [0.2, 0.25) is 11.8 Å². The standard InChI is InChI=1S/C32H21F2N3O8.C24H17F2N3O6.C8H5ClO2/c1-43-20-9-7-15-12-36(27(39)23(15)24(20)33)13-32(21-11-16-10-14-6-8-19(38)22(14)25(34)26(16)44-21)30(41)37(31(42)35-32)28-17-4-2-3-5-18(17)29(40)45-28;1-34-14-5-3-11-8-29(21(31)17(11)18(14)25)9-24(22(32)27-23(33)28-24)15-7-12-6-10-2-4-13(30)16(10)19(26)20(12)35-15;9-7-5-3-1-2-4-6(5)8(10)11-7/h2-5,7,9-11,28H,6,8,12-13H2,1H3,(H,35,42);3,5-7H,2,4,8-9H2,1H3,(H2,27,28,32,33);1-4,7H/t28?,32-;24-;/m00./s1. The van der Waals surface area contributed by atoms with Crippen LogP contribution in [0.15, 0.2) is 106 Å². The van der Waals surface area contributed by atoms with E-state index in [2.05, 4.69) is 16.0 Å². The zero-order valence-corrected chi connectivity index (χ0v) is 48.1. The number of benzene rings is 6. The molecule has 27 heteroatoms. The monoisotopic (exact) mass is 1260 g/mol. The second-order valence-corrected chi connectivity index (χ2v) is 22.8. The number of rotatable bonds is 9. The van der Waals surface area contributed by atoms with Crippen LogP contribution in [0.5, 0.6) is 11.5 Å². The highest BCUT2D eigenvalue weighted by atomic mass is 35.5. The number of Topliss-reactive ketones (excluding diaryl/α,β-unsaturated/α-hetero) is 2. The molecule has 2 aromatic heterocycles. The first-order valence-electron chi connectivity index (χ1n) is 28.0. The maximum atomic E-state index is 15.6. The minimum absolute atomic E-state index is 0.0304. The van der Waals surface area contributed by atoms with Crippen molar-refractivity contribution < 1.29 is 93.3 Å². The first-order chi connectivity index (χ1) is 43.6. The number of aryl methyl sites for hydroxylation is 2. The van der Waals surface area contributed by atoms with E-state index in [1.807, 2.05) is 6.07 Å². The van der Waals surface area contributed by atoms with Gasteiger partial charge in [0.05, 0.1) is 60.7 Å². The van der Waals surface area contributed by atoms with Gasteiger partial charge in [-0.2, -0.15) is 0 Å². The Kier molecular flexibility index (Phi) is 13.4. The van der Waals surface area contributed by atoms with Gasteiger partial charge in [-0.3, -0.25) is 34.1 Å². The summed E-state index contributed by atoms with van der Waals surface area (Å²) >= 11 is 5.69. The van der Waals surface area contributed by atoms with Gasteiger partial charge in [-0.25, -0.2) is 41.6 Å². The van der Waals surface area contributed by atoms with E-state index in [-0.39, 0.29) is 116 Å². The van der Waals surface area contributed by atoms with Crippen molar-refractivity contribution >= 4 is 92.7 Å². The first-order valence-corrected chi connectivity index (χ1v) is 28.5. The fourth-order valence-electron chi connectivity index (χ4n) is 12.9. The van der Waals surface area contributed by atoms with E-state index >= 15 is 13.2 Å². The number of amides is 8. The van der Waals surface area contributed by atoms with Gasteiger partial charge in [-0.15, -0.1) is 0 Å². The van der Waals surface area contributed by atoms with Crippen molar-refractivity contribution in [1.29, 1.82) is 0 Å². The highest BCUT2D eigenvalue weighted by Gasteiger charge is 2.61. The topological polar surface area (TPSA) is 280 Å². The number of carbonyl (C=O) groups is 10. The van der Waals surface area contributed by atoms with Gasteiger partial charge in [-0.05, 0) is 83.6 Å². The second-order valence-electron chi connectivity index (χ2n) is 22.4. The number of urea groups is 2. The smallest absolute Gasteiger partial charge is 0.340 e. The number of methoxy groups -OCH3 is 2. The van der Waals surface area contributed by atoms with Crippen LogP contribution in [0.25, 0.3) is 21.9 Å². The normalized spacial score (nSPS) is 21.4. The number of esters is 2. The van der Waals surface area contributed by atoms with E-state index in [0.717, 1.165) is 10.5 Å². The molecule has 0 radical (unpaired) electrons. The molecular weight excluding hydrogens is 1220 g/mol. The van der Waals surface area contributed by atoms with Crippen LogP contribution in [0.4, 0.5) is 27.2 Å². The van der Waals surface area contributed by atoms with Crippen LogP contribution in [0.2, 0.25) is 0 Å². The van der Waals surface area contributed by atoms with Crippen LogP contribution in [0.1, 0.15) is 132 Å². The van der Waals surface area contributed by atoms with Crippen LogP contribution < -0.4 is 25.4 Å². The molecular formula is C64H43ClF4N6O16. The number of alkyl halides is 1. The number of nitrogens with zero attached hydrogens (tertiary/aromatic N) is 3. The van der Waals surface area contributed by atoms with Crippen LogP contribution in [-0.4, -0.2) is 101 Å². The summed E-state index contributed by atoms with van der Waals surface area (Å²) in [5.41, 5.74) is -2.23. The fraction of sp³-hybridized carbons (Fsp3) is 0.219. The van der Waals surface area contributed by atoms with Crippen LogP contribution >= 0.6 is 11.6 Å². The number of ketones is 2. The molecule has 0 spiro atoms. The van der Waals surface area contributed by atoms with Gasteiger partial charge in [0.1, 0.15) is 11.5 Å². The number of hydrogen-bond donors (Lipinski definition) is 3. The summed E-state index contributed by atoms with van der Waals surface area (Å²) in [7, 11) is 2.54. The molecule has 6 aliphatic heterocycles. The van der Waals surface area contributed by atoms with Gasteiger partial charge in [0.15, 0.2) is 68.6 Å². The third-order valence-corrected chi connectivity index (χ3v) is 17.6. The summed E-state index contributed by atoms with van der Waals surface area (Å²) in [6.07, 6.45) is -0.358. The highest BCUT2D eigenvalue weighted by molar-refractivity contribution is 6.22. The van der Waals surface area contributed by atoms with Gasteiger partial charge in [0, 0.05) is 47.8 Å². The Balaban J connectivity index is 0.000000138. The summed E-state index contributed by atoms with van der Waals surface area (Å²) in [6.45, 7) is -1.11. The second kappa shape index (κ2) is 21.1. The number of furan rings is 2. The number of halogens is 5. The molecule has 0 bridgehead atoms. The molecule has 2 aliphatic carbocycles. The molecule has 3 N–H and O–H groups in total. The summed E-state index contributed by atoms with van der Waals surface area (Å²) < 4.78 is 92.6. The first kappa shape index (κ1) is 57.8. The Labute approximate surface area is 513 Å². The van der Waals surface area contributed by atoms with E-state index in [9.17, 15) is 52.3 Å². The van der Waals surface area contributed by atoms with Crippen LogP contribution in [0.3, 0.4) is 0 Å². The quantitative estimate of drug-likeness (QED) is 0.0527. The van der Waals surface area contributed by atoms with Crippen molar-refractivity contribution in [3.63, 3.8) is 0 Å². The van der Waals surface area contributed by atoms with Crippen molar-refractivity contribution in [2.45, 2.75) is 61.6 Å². The van der Waals surface area contributed by atoms with Crippen LogP contribution in [0, 0.1) is 23.3 Å². The lowest BCUT2D eigenvalue weighted by molar-refractivity contribution is -0.139. The van der Waals surface area contributed by atoms with Crippen molar-refractivity contribution in [2.24, 2.45) is 0 Å². The number of imide groups is 2. The summed E-state index contributed by atoms with van der Waals surface area (Å²) in [5, 5.41) is 7.79. The molecule has 2 unspecified atom stereocenters. The lowest BCUT2D eigenvalue weighted by Crippen LogP contribution is -2.52. The molecule has 8 aliphatic rings. The van der Waals surface area contributed by atoms with Crippen molar-refractivity contribution in [1.82, 2.24) is 30.7 Å². The molecule has 2 fully saturated rings. The maximum Gasteiger partial charge on any atom is 0.340 e. The van der Waals surface area contributed by atoms with E-state index < -0.39 is 101 Å². The fourth-order valence-corrected chi connectivity index (χ4v) is 13.2. The lowest BCUT2D eigenvalue weighted by Gasteiger charge is -2.30. The Bertz CT molecular complexity index is 4700. The van der Waals surface area contributed by atoms with Crippen molar-refractivity contribution in [2.75, 3.05) is 27.3 Å². The molecule has 8 heterocycles. The number of hydrogen-bond acceptors (Lipinski definition) is 16. The molecule has 22 nitrogen and oxygen atoms in total. The number of cyclic esters (lactones) is 2. The van der Waals surface area contributed by atoms with E-state index in [0.29, 0.717) is 50.9 Å². The van der Waals surface area contributed by atoms with E-state index in [1.54, 1.807) is 48.5 Å². The van der Waals surface area contributed by atoms with Crippen molar-refractivity contribution in [3.8, 4) is 11.5 Å². The SMILES string of the molecule is COc1ccc2c(c1F)C(=O)N(C[C@@]1(c3cc4cc5c(c(F)c4o3)C(=O)CC5)NC(=O)N(C3OC(=O)c4ccccc43)C1=O)C2.COc1ccc2c(c1F)C(=O)N(C[C@@]1(c3cc4cc5c(c(F)c4o3)C(=O)CC5)NC(=O)NC1=O)C2.O=C1OC(Cl)c2ccccc21. The molecule has 2 saturated heterocycles. The summed E-state index contributed by atoms with van der Waals surface area (Å²) in [6, 6.07) is 23.4. The zero-order valence-electron chi connectivity index (χ0n) is 47.3. The molecule has 4 atom stereocenters. The molecule has 460 valence electrons. The number of ether oxygens (including phenoxy) is 4. The Morgan fingerprint density at radius 2 is 1.03 bits per heavy atom. The molecule has 16 rings (SSSR count). The Hall–Kier alpha value is -10.9.